The van der Waals surface area contributed by atoms with E-state index in [0.717, 1.165) is 23.1 Å². The van der Waals surface area contributed by atoms with Gasteiger partial charge >= 0.3 is 0 Å². The molecule has 100 valence electrons. The predicted molar refractivity (Wildman–Crippen MR) is 78.7 cm³/mol. The lowest BCUT2D eigenvalue weighted by Crippen LogP contribution is -2.41. The molecule has 3 atom stereocenters. The monoisotopic (exact) mass is 255 g/mol. The molecule has 3 unspecified atom stereocenters. The summed E-state index contributed by atoms with van der Waals surface area (Å²) in [5.74, 6) is 3.47. The third-order valence-electron chi connectivity index (χ3n) is 4.87. The molecule has 0 saturated heterocycles. The van der Waals surface area contributed by atoms with Gasteiger partial charge in [-0.25, -0.2) is 0 Å². The Morgan fingerprint density at radius 1 is 1.06 bits per heavy atom. The van der Waals surface area contributed by atoms with Crippen LogP contribution in [0.4, 0.5) is 0 Å². The highest BCUT2D eigenvalue weighted by Crippen LogP contribution is 2.37. The van der Waals surface area contributed by atoms with E-state index in [1.165, 1.54) is 57.1 Å². The highest BCUT2D eigenvalue weighted by Gasteiger charge is 2.29. The molecule has 2 rings (SSSR count). The van der Waals surface area contributed by atoms with Crippen LogP contribution in [0.25, 0.3) is 0 Å². The maximum Gasteiger partial charge on any atom is 0.0203 e. The second-order valence-electron chi connectivity index (χ2n) is 6.00. The van der Waals surface area contributed by atoms with E-state index >= 15 is 0 Å². The van der Waals surface area contributed by atoms with Gasteiger partial charge in [-0.15, -0.1) is 0 Å². The van der Waals surface area contributed by atoms with Crippen LogP contribution in [0.3, 0.4) is 0 Å². The summed E-state index contributed by atoms with van der Waals surface area (Å²) in [6.45, 7) is 2.36. The first kappa shape index (κ1) is 13.7. The van der Waals surface area contributed by atoms with E-state index < -0.39 is 0 Å². The molecule has 1 N–H and O–H groups in total. The largest absolute Gasteiger partial charge is 0.316 e. The highest BCUT2D eigenvalue weighted by atomic mass is 32.2. The van der Waals surface area contributed by atoms with Gasteiger partial charge in [-0.1, -0.05) is 26.2 Å². The fourth-order valence-electron chi connectivity index (χ4n) is 3.53. The average Bonchev–Trinajstić information content (AvgIpc) is 2.89. The van der Waals surface area contributed by atoms with Crippen molar-refractivity contribution in [1.29, 1.82) is 0 Å². The van der Waals surface area contributed by atoms with Crippen LogP contribution in [0, 0.1) is 11.8 Å². The first-order valence-electron chi connectivity index (χ1n) is 7.62. The molecule has 2 saturated carbocycles. The van der Waals surface area contributed by atoms with Crippen molar-refractivity contribution in [2.45, 2.75) is 69.6 Å². The molecule has 0 aromatic carbocycles. The Bertz CT molecular complexity index is 213. The van der Waals surface area contributed by atoms with Gasteiger partial charge in [-0.05, 0) is 56.7 Å². The van der Waals surface area contributed by atoms with Crippen LogP contribution >= 0.6 is 11.8 Å². The molecule has 0 aliphatic heterocycles. The lowest BCUT2D eigenvalue weighted by atomic mass is 9.84. The zero-order valence-corrected chi connectivity index (χ0v) is 12.4. The van der Waals surface area contributed by atoms with Crippen LogP contribution in [-0.2, 0) is 0 Å². The summed E-state index contributed by atoms with van der Waals surface area (Å²) < 4.78 is 0. The first-order chi connectivity index (χ1) is 8.33. The average molecular weight is 255 g/mol. The van der Waals surface area contributed by atoms with Crippen molar-refractivity contribution in [1.82, 2.24) is 5.32 Å². The van der Waals surface area contributed by atoms with Gasteiger partial charge in [0.05, 0.1) is 0 Å². The molecule has 2 aliphatic carbocycles. The van der Waals surface area contributed by atoms with Gasteiger partial charge in [0.25, 0.3) is 0 Å². The van der Waals surface area contributed by atoms with Gasteiger partial charge in [-0.2, -0.15) is 11.8 Å². The van der Waals surface area contributed by atoms with Crippen molar-refractivity contribution >= 4 is 11.8 Å². The van der Waals surface area contributed by atoms with Crippen LogP contribution in [0.2, 0.25) is 0 Å². The standard InChI is InChI=1S/C15H29NS/c1-3-12-8-9-14(16-2)15(10-12)17-11-13-6-4-5-7-13/h12-16H,3-11H2,1-2H3. The minimum atomic E-state index is 0.782. The topological polar surface area (TPSA) is 12.0 Å². The van der Waals surface area contributed by atoms with Gasteiger partial charge in [0.2, 0.25) is 0 Å². The van der Waals surface area contributed by atoms with E-state index in [1.807, 2.05) is 0 Å². The molecule has 0 aromatic rings. The molecule has 2 fully saturated rings. The fourth-order valence-corrected chi connectivity index (χ4v) is 5.30. The number of nitrogens with one attached hydrogen (secondary N) is 1. The van der Waals surface area contributed by atoms with Crippen LogP contribution in [-0.4, -0.2) is 24.1 Å². The zero-order chi connectivity index (χ0) is 12.1. The maximum atomic E-state index is 3.55. The molecule has 1 nitrogen and oxygen atoms in total. The molecule has 0 radical (unpaired) electrons. The van der Waals surface area contributed by atoms with Gasteiger partial charge in [0.1, 0.15) is 0 Å². The highest BCUT2D eigenvalue weighted by molar-refractivity contribution is 7.99. The van der Waals surface area contributed by atoms with Crippen molar-refractivity contribution in [2.75, 3.05) is 12.8 Å². The zero-order valence-electron chi connectivity index (χ0n) is 11.6. The predicted octanol–water partition coefficient (Wildman–Crippen LogP) is 4.08. The molecule has 0 amide bonds. The minimum absolute atomic E-state index is 0.782. The van der Waals surface area contributed by atoms with Gasteiger partial charge in [0.15, 0.2) is 0 Å². The molecule has 0 spiro atoms. The van der Waals surface area contributed by atoms with E-state index in [2.05, 4.69) is 31.1 Å². The lowest BCUT2D eigenvalue weighted by molar-refractivity contribution is 0.304. The van der Waals surface area contributed by atoms with Crippen molar-refractivity contribution < 1.29 is 0 Å². The molecule has 2 aliphatic rings. The molecular formula is C15H29NS. The van der Waals surface area contributed by atoms with E-state index in [9.17, 15) is 0 Å². The van der Waals surface area contributed by atoms with Crippen LogP contribution in [0.5, 0.6) is 0 Å². The lowest BCUT2D eigenvalue weighted by Gasteiger charge is -2.36. The van der Waals surface area contributed by atoms with Crippen LogP contribution < -0.4 is 5.32 Å². The summed E-state index contributed by atoms with van der Waals surface area (Å²) in [7, 11) is 2.15. The molecule has 0 aromatic heterocycles. The smallest absolute Gasteiger partial charge is 0.0203 e. The minimum Gasteiger partial charge on any atom is -0.316 e. The Kier molecular flexibility index (Phi) is 5.68. The Labute approximate surface area is 112 Å². The van der Waals surface area contributed by atoms with E-state index in [-0.39, 0.29) is 0 Å². The summed E-state index contributed by atoms with van der Waals surface area (Å²) in [5, 5.41) is 4.44. The van der Waals surface area contributed by atoms with E-state index in [4.69, 9.17) is 0 Å². The van der Waals surface area contributed by atoms with Crippen molar-refractivity contribution in [2.24, 2.45) is 11.8 Å². The van der Waals surface area contributed by atoms with Crippen LogP contribution in [0.1, 0.15) is 58.3 Å². The second kappa shape index (κ2) is 7.04. The van der Waals surface area contributed by atoms with Crippen molar-refractivity contribution in [3.8, 4) is 0 Å². The molecule has 0 bridgehead atoms. The number of thioether (sulfide) groups is 1. The number of hydrogen-bond donors (Lipinski definition) is 1. The third-order valence-corrected chi connectivity index (χ3v) is 6.48. The first-order valence-corrected chi connectivity index (χ1v) is 8.67. The Morgan fingerprint density at radius 3 is 2.47 bits per heavy atom. The summed E-state index contributed by atoms with van der Waals surface area (Å²) in [5.41, 5.74) is 0. The Balaban J connectivity index is 1.77. The van der Waals surface area contributed by atoms with E-state index in [0.29, 0.717) is 0 Å². The summed E-state index contributed by atoms with van der Waals surface area (Å²) in [6.07, 6.45) is 11.7. The molecule has 17 heavy (non-hydrogen) atoms. The van der Waals surface area contributed by atoms with Gasteiger partial charge in [-0.3, -0.25) is 0 Å². The molecule has 0 heterocycles. The Morgan fingerprint density at radius 2 is 1.82 bits per heavy atom. The molecular weight excluding hydrogens is 226 g/mol. The summed E-state index contributed by atoms with van der Waals surface area (Å²) in [6, 6.07) is 0.782. The second-order valence-corrected chi connectivity index (χ2v) is 7.28. The van der Waals surface area contributed by atoms with E-state index in [1.54, 1.807) is 0 Å². The van der Waals surface area contributed by atoms with Crippen LogP contribution in [0.15, 0.2) is 0 Å². The Hall–Kier alpha value is 0.310. The van der Waals surface area contributed by atoms with Crippen molar-refractivity contribution in [3.63, 3.8) is 0 Å². The summed E-state index contributed by atoms with van der Waals surface area (Å²) >= 11 is 2.28. The SMILES string of the molecule is CCC1CCC(NC)C(SCC2CCCC2)C1. The number of rotatable bonds is 5. The number of hydrogen-bond acceptors (Lipinski definition) is 2. The van der Waals surface area contributed by atoms with Gasteiger partial charge < -0.3 is 5.32 Å². The molecule has 2 heteroatoms. The normalized spacial score (nSPS) is 35.3. The maximum absolute atomic E-state index is 3.55. The third kappa shape index (κ3) is 3.89. The summed E-state index contributed by atoms with van der Waals surface area (Å²) in [4.78, 5) is 0. The quantitative estimate of drug-likeness (QED) is 0.794. The van der Waals surface area contributed by atoms with Crippen molar-refractivity contribution in [3.05, 3.63) is 0 Å². The van der Waals surface area contributed by atoms with Gasteiger partial charge in [0, 0.05) is 11.3 Å². The fraction of sp³-hybridized carbons (Fsp3) is 1.00.